The average molecular weight is 306 g/mol. The van der Waals surface area contributed by atoms with Crippen LogP contribution >= 0.6 is 11.3 Å². The fourth-order valence-corrected chi connectivity index (χ4v) is 2.67. The number of amides is 1. The summed E-state index contributed by atoms with van der Waals surface area (Å²) in [5.74, 6) is 0.576. The fourth-order valence-electron chi connectivity index (χ4n) is 1.82. The van der Waals surface area contributed by atoms with E-state index in [1.165, 1.54) is 7.11 Å². The van der Waals surface area contributed by atoms with Crippen molar-refractivity contribution in [2.45, 2.75) is 20.5 Å². The van der Waals surface area contributed by atoms with E-state index in [1.54, 1.807) is 23.5 Å². The monoisotopic (exact) mass is 306 g/mol. The van der Waals surface area contributed by atoms with Crippen LogP contribution < -0.4 is 10.1 Å². The lowest BCUT2D eigenvalue weighted by Gasteiger charge is -2.07. The van der Waals surface area contributed by atoms with Crippen LogP contribution in [0.1, 0.15) is 15.6 Å². The van der Waals surface area contributed by atoms with E-state index >= 15 is 0 Å². The van der Waals surface area contributed by atoms with Crippen LogP contribution in [0.4, 0.5) is 5.69 Å². The van der Waals surface area contributed by atoms with Gasteiger partial charge in [0.15, 0.2) is 0 Å². The standard InChI is InChI=1S/C15H18N2O3S/c1-10-14(21-11(2)16-10)8-20-13-6-4-12(5-7-13)17-15(18)9-19-3/h4-7H,8-9H2,1-3H3,(H,17,18). The Morgan fingerprint density at radius 1 is 1.29 bits per heavy atom. The number of nitrogens with one attached hydrogen (secondary N) is 1. The van der Waals surface area contributed by atoms with Crippen LogP contribution in [0.25, 0.3) is 0 Å². The number of aromatic nitrogens is 1. The first-order chi connectivity index (χ1) is 10.1. The van der Waals surface area contributed by atoms with E-state index in [4.69, 9.17) is 9.47 Å². The zero-order chi connectivity index (χ0) is 15.2. The van der Waals surface area contributed by atoms with E-state index in [0.717, 1.165) is 21.3 Å². The number of carbonyl (C=O) groups is 1. The molecule has 1 amide bonds. The molecule has 21 heavy (non-hydrogen) atoms. The van der Waals surface area contributed by atoms with Gasteiger partial charge in [0.1, 0.15) is 19.0 Å². The van der Waals surface area contributed by atoms with Crippen molar-refractivity contribution in [3.8, 4) is 5.75 Å². The van der Waals surface area contributed by atoms with Gasteiger partial charge in [-0.3, -0.25) is 4.79 Å². The number of hydrogen-bond donors (Lipinski definition) is 1. The minimum Gasteiger partial charge on any atom is -0.488 e. The SMILES string of the molecule is COCC(=O)Nc1ccc(OCc2sc(C)nc2C)cc1. The third-order valence-corrected chi connectivity index (χ3v) is 3.83. The number of thiazole rings is 1. The van der Waals surface area contributed by atoms with Crippen molar-refractivity contribution >= 4 is 22.9 Å². The van der Waals surface area contributed by atoms with Crippen LogP contribution in [0.2, 0.25) is 0 Å². The van der Waals surface area contributed by atoms with Crippen LogP contribution in [-0.2, 0) is 16.1 Å². The highest BCUT2D eigenvalue weighted by atomic mass is 32.1. The van der Waals surface area contributed by atoms with Gasteiger partial charge >= 0.3 is 0 Å². The third kappa shape index (κ3) is 4.54. The Morgan fingerprint density at radius 3 is 2.57 bits per heavy atom. The Balaban J connectivity index is 1.90. The van der Waals surface area contributed by atoms with E-state index < -0.39 is 0 Å². The number of benzene rings is 1. The highest BCUT2D eigenvalue weighted by Gasteiger charge is 2.06. The topological polar surface area (TPSA) is 60.5 Å². The summed E-state index contributed by atoms with van der Waals surface area (Å²) >= 11 is 1.64. The number of carbonyl (C=O) groups excluding carboxylic acids is 1. The quantitative estimate of drug-likeness (QED) is 0.891. The molecule has 1 aromatic carbocycles. The number of hydrogen-bond acceptors (Lipinski definition) is 5. The lowest BCUT2D eigenvalue weighted by Crippen LogP contribution is -2.16. The lowest BCUT2D eigenvalue weighted by atomic mass is 10.3. The molecule has 0 bridgehead atoms. The summed E-state index contributed by atoms with van der Waals surface area (Å²) < 4.78 is 10.5. The van der Waals surface area contributed by atoms with Crippen LogP contribution in [0, 0.1) is 13.8 Å². The van der Waals surface area contributed by atoms with Crippen molar-refractivity contribution in [2.75, 3.05) is 19.0 Å². The molecule has 0 radical (unpaired) electrons. The zero-order valence-electron chi connectivity index (χ0n) is 12.3. The Kier molecular flexibility index (Phi) is 5.30. The number of nitrogens with zero attached hydrogens (tertiary/aromatic N) is 1. The predicted molar refractivity (Wildman–Crippen MR) is 82.9 cm³/mol. The summed E-state index contributed by atoms with van der Waals surface area (Å²) in [5.41, 5.74) is 1.73. The van der Waals surface area contributed by atoms with Gasteiger partial charge in [0.05, 0.1) is 15.6 Å². The van der Waals surface area contributed by atoms with Crippen molar-refractivity contribution in [1.29, 1.82) is 0 Å². The normalized spacial score (nSPS) is 10.4. The second-order valence-electron chi connectivity index (χ2n) is 4.54. The summed E-state index contributed by atoms with van der Waals surface area (Å²) in [7, 11) is 1.49. The van der Waals surface area contributed by atoms with Crippen molar-refractivity contribution in [2.24, 2.45) is 0 Å². The summed E-state index contributed by atoms with van der Waals surface area (Å²) in [5, 5.41) is 3.77. The maximum Gasteiger partial charge on any atom is 0.250 e. The molecule has 1 heterocycles. The largest absolute Gasteiger partial charge is 0.488 e. The van der Waals surface area contributed by atoms with Gasteiger partial charge in [-0.1, -0.05) is 0 Å². The maximum atomic E-state index is 11.4. The molecule has 0 saturated carbocycles. The van der Waals surface area contributed by atoms with Crippen molar-refractivity contribution < 1.29 is 14.3 Å². The van der Waals surface area contributed by atoms with E-state index in [2.05, 4.69) is 10.3 Å². The summed E-state index contributed by atoms with van der Waals surface area (Å²) in [4.78, 5) is 16.9. The first-order valence-corrected chi connectivity index (χ1v) is 7.34. The number of aryl methyl sites for hydroxylation is 2. The first-order valence-electron chi connectivity index (χ1n) is 6.53. The van der Waals surface area contributed by atoms with Gasteiger partial charge in [0, 0.05) is 12.8 Å². The molecule has 2 rings (SSSR count). The molecule has 0 atom stereocenters. The Morgan fingerprint density at radius 2 is 2.00 bits per heavy atom. The second-order valence-corrected chi connectivity index (χ2v) is 5.82. The number of methoxy groups -OCH3 is 1. The zero-order valence-corrected chi connectivity index (χ0v) is 13.1. The first kappa shape index (κ1) is 15.5. The lowest BCUT2D eigenvalue weighted by molar-refractivity contribution is -0.119. The van der Waals surface area contributed by atoms with E-state index in [0.29, 0.717) is 12.3 Å². The molecule has 0 aliphatic heterocycles. The maximum absolute atomic E-state index is 11.4. The molecule has 112 valence electrons. The van der Waals surface area contributed by atoms with Crippen LogP contribution in [0.15, 0.2) is 24.3 Å². The van der Waals surface area contributed by atoms with Crippen molar-refractivity contribution in [1.82, 2.24) is 4.98 Å². The molecule has 5 nitrogen and oxygen atoms in total. The minimum absolute atomic E-state index is 0.0439. The van der Waals surface area contributed by atoms with Crippen molar-refractivity contribution in [3.05, 3.63) is 39.8 Å². The van der Waals surface area contributed by atoms with E-state index in [9.17, 15) is 4.79 Å². The van der Waals surface area contributed by atoms with Crippen molar-refractivity contribution in [3.63, 3.8) is 0 Å². The number of anilines is 1. The van der Waals surface area contributed by atoms with Gasteiger partial charge in [-0.2, -0.15) is 0 Å². The van der Waals surface area contributed by atoms with Crippen LogP contribution in [0.3, 0.4) is 0 Å². The Labute approximate surface area is 127 Å². The van der Waals surface area contributed by atoms with Crippen LogP contribution in [-0.4, -0.2) is 24.6 Å². The average Bonchev–Trinajstić information content (AvgIpc) is 2.76. The fraction of sp³-hybridized carbons (Fsp3) is 0.333. The molecule has 2 aromatic rings. The number of ether oxygens (including phenoxy) is 2. The van der Waals surface area contributed by atoms with E-state index in [1.807, 2.05) is 26.0 Å². The molecule has 1 aromatic heterocycles. The summed E-state index contributed by atoms with van der Waals surface area (Å²) in [6.07, 6.45) is 0. The van der Waals surface area contributed by atoms with E-state index in [-0.39, 0.29) is 12.5 Å². The molecule has 0 aliphatic carbocycles. The second kappa shape index (κ2) is 7.19. The predicted octanol–water partition coefficient (Wildman–Crippen LogP) is 2.92. The van der Waals surface area contributed by atoms with Gasteiger partial charge in [-0.25, -0.2) is 4.98 Å². The highest BCUT2D eigenvalue weighted by Crippen LogP contribution is 2.21. The molecule has 0 spiro atoms. The van der Waals surface area contributed by atoms with Crippen LogP contribution in [0.5, 0.6) is 5.75 Å². The molecule has 1 N–H and O–H groups in total. The third-order valence-electron chi connectivity index (χ3n) is 2.78. The molecule has 0 saturated heterocycles. The summed E-state index contributed by atoms with van der Waals surface area (Å²) in [6, 6.07) is 7.25. The van der Waals surface area contributed by atoms with Gasteiger partial charge in [0.25, 0.3) is 0 Å². The molecule has 0 aliphatic rings. The van der Waals surface area contributed by atoms with Gasteiger partial charge in [-0.15, -0.1) is 11.3 Å². The Bertz CT molecular complexity index is 608. The van der Waals surface area contributed by atoms with Gasteiger partial charge < -0.3 is 14.8 Å². The highest BCUT2D eigenvalue weighted by molar-refractivity contribution is 7.11. The molecule has 0 fully saturated rings. The molecule has 6 heteroatoms. The van der Waals surface area contributed by atoms with Gasteiger partial charge in [0.2, 0.25) is 5.91 Å². The minimum atomic E-state index is -0.179. The van der Waals surface area contributed by atoms with Gasteiger partial charge in [-0.05, 0) is 38.1 Å². The molecular formula is C15H18N2O3S. The summed E-state index contributed by atoms with van der Waals surface area (Å²) in [6.45, 7) is 4.52. The number of rotatable bonds is 6. The smallest absolute Gasteiger partial charge is 0.250 e. The molecule has 0 unspecified atom stereocenters. The Hall–Kier alpha value is -1.92. The molecular weight excluding hydrogens is 288 g/mol.